The minimum absolute atomic E-state index is 0.704. The Morgan fingerprint density at radius 2 is 2.17 bits per heavy atom. The molecule has 94 valence electrons. The van der Waals surface area contributed by atoms with Crippen LogP contribution in [0.15, 0.2) is 36.5 Å². The fourth-order valence-electron chi connectivity index (χ4n) is 1.61. The molecule has 0 atom stereocenters. The summed E-state index contributed by atoms with van der Waals surface area (Å²) in [5.41, 5.74) is 0.953. The highest BCUT2D eigenvalue weighted by Crippen LogP contribution is 2.21. The largest absolute Gasteiger partial charge is 0.497 e. The average molecular weight is 243 g/mol. The van der Waals surface area contributed by atoms with E-state index in [9.17, 15) is 0 Å². The minimum atomic E-state index is 0.704. The molecule has 0 saturated heterocycles. The number of nitrogens with zero attached hydrogens (tertiary/aromatic N) is 2. The second-order valence-electron chi connectivity index (χ2n) is 3.92. The van der Waals surface area contributed by atoms with E-state index < -0.39 is 0 Å². The second-order valence-corrected chi connectivity index (χ2v) is 3.92. The quantitative estimate of drug-likeness (QED) is 0.877. The van der Waals surface area contributed by atoms with E-state index in [4.69, 9.17) is 4.74 Å². The first kappa shape index (κ1) is 12.4. The van der Waals surface area contributed by atoms with Gasteiger partial charge in [0.2, 0.25) is 0 Å². The molecule has 0 saturated carbocycles. The predicted octanol–water partition coefficient (Wildman–Crippen LogP) is 2.97. The highest BCUT2D eigenvalue weighted by atomic mass is 16.5. The number of hydrogen-bond acceptors (Lipinski definition) is 4. The Kier molecular flexibility index (Phi) is 4.12. The Morgan fingerprint density at radius 1 is 1.28 bits per heavy atom. The SMILES string of the molecule is CCCNc1ccnc(-c2cccc(OC)c2)n1. The van der Waals surface area contributed by atoms with Crippen molar-refractivity contribution in [1.29, 1.82) is 0 Å². The maximum absolute atomic E-state index is 5.20. The normalized spacial score (nSPS) is 10.1. The molecule has 0 spiro atoms. The van der Waals surface area contributed by atoms with E-state index in [1.54, 1.807) is 13.3 Å². The molecule has 2 aromatic rings. The van der Waals surface area contributed by atoms with Crippen molar-refractivity contribution in [3.05, 3.63) is 36.5 Å². The molecular formula is C14H17N3O. The molecule has 0 bridgehead atoms. The fourth-order valence-corrected chi connectivity index (χ4v) is 1.61. The average Bonchev–Trinajstić information content (AvgIpc) is 2.45. The van der Waals surface area contributed by atoms with E-state index in [0.717, 1.165) is 30.1 Å². The van der Waals surface area contributed by atoms with Crippen LogP contribution in [0.1, 0.15) is 13.3 Å². The molecule has 1 aromatic carbocycles. The lowest BCUT2D eigenvalue weighted by Gasteiger charge is -2.06. The number of benzene rings is 1. The molecule has 0 unspecified atom stereocenters. The molecular weight excluding hydrogens is 226 g/mol. The van der Waals surface area contributed by atoms with Crippen LogP contribution in [0.25, 0.3) is 11.4 Å². The minimum Gasteiger partial charge on any atom is -0.497 e. The summed E-state index contributed by atoms with van der Waals surface area (Å²) in [4.78, 5) is 8.76. The number of ether oxygens (including phenoxy) is 1. The van der Waals surface area contributed by atoms with Crippen molar-refractivity contribution < 1.29 is 4.74 Å². The molecule has 4 heteroatoms. The Labute approximate surface area is 107 Å². The van der Waals surface area contributed by atoms with E-state index >= 15 is 0 Å². The van der Waals surface area contributed by atoms with Gasteiger partial charge in [-0.3, -0.25) is 0 Å². The molecule has 18 heavy (non-hydrogen) atoms. The maximum Gasteiger partial charge on any atom is 0.161 e. The van der Waals surface area contributed by atoms with Gasteiger partial charge in [-0.05, 0) is 24.6 Å². The van der Waals surface area contributed by atoms with Gasteiger partial charge in [-0.25, -0.2) is 9.97 Å². The molecule has 2 rings (SSSR count). The highest BCUT2D eigenvalue weighted by molar-refractivity contribution is 5.59. The van der Waals surface area contributed by atoms with Crippen LogP contribution in [0.3, 0.4) is 0 Å². The van der Waals surface area contributed by atoms with Gasteiger partial charge in [-0.15, -0.1) is 0 Å². The first-order valence-electron chi connectivity index (χ1n) is 6.05. The Balaban J connectivity index is 2.26. The molecule has 0 aliphatic rings. The second kappa shape index (κ2) is 6.00. The Bertz CT molecular complexity index is 514. The number of aromatic nitrogens is 2. The summed E-state index contributed by atoms with van der Waals surface area (Å²) < 4.78 is 5.20. The van der Waals surface area contributed by atoms with Crippen molar-refractivity contribution in [2.24, 2.45) is 0 Å². The molecule has 0 amide bonds. The van der Waals surface area contributed by atoms with Crippen LogP contribution in [0.2, 0.25) is 0 Å². The van der Waals surface area contributed by atoms with Gasteiger partial charge in [0.05, 0.1) is 7.11 Å². The predicted molar refractivity (Wildman–Crippen MR) is 72.8 cm³/mol. The molecule has 0 aliphatic carbocycles. The third-order valence-electron chi connectivity index (χ3n) is 2.54. The number of anilines is 1. The lowest BCUT2D eigenvalue weighted by molar-refractivity contribution is 0.415. The molecule has 4 nitrogen and oxygen atoms in total. The maximum atomic E-state index is 5.20. The van der Waals surface area contributed by atoms with Crippen molar-refractivity contribution in [3.8, 4) is 17.1 Å². The van der Waals surface area contributed by atoms with Gasteiger partial charge in [-0.2, -0.15) is 0 Å². The summed E-state index contributed by atoms with van der Waals surface area (Å²) in [5, 5.41) is 3.25. The third kappa shape index (κ3) is 2.97. The van der Waals surface area contributed by atoms with E-state index in [0.29, 0.717) is 5.82 Å². The number of rotatable bonds is 5. The molecule has 1 N–H and O–H groups in total. The first-order valence-corrected chi connectivity index (χ1v) is 6.05. The van der Waals surface area contributed by atoms with Crippen molar-refractivity contribution in [2.45, 2.75) is 13.3 Å². The lowest BCUT2D eigenvalue weighted by atomic mass is 10.2. The molecule has 1 heterocycles. The topological polar surface area (TPSA) is 47.0 Å². The standard InChI is InChI=1S/C14H17N3O/c1-3-8-15-13-7-9-16-14(17-13)11-5-4-6-12(10-11)18-2/h4-7,9-10H,3,8H2,1-2H3,(H,15,16,17). The molecule has 0 fully saturated rings. The highest BCUT2D eigenvalue weighted by Gasteiger charge is 2.03. The van der Waals surface area contributed by atoms with Gasteiger partial charge in [0, 0.05) is 18.3 Å². The fraction of sp³-hybridized carbons (Fsp3) is 0.286. The first-order chi connectivity index (χ1) is 8.83. The zero-order valence-electron chi connectivity index (χ0n) is 10.7. The zero-order valence-corrected chi connectivity index (χ0v) is 10.7. The molecule has 0 aliphatic heterocycles. The van der Waals surface area contributed by atoms with E-state index in [2.05, 4.69) is 22.2 Å². The van der Waals surface area contributed by atoms with Crippen molar-refractivity contribution >= 4 is 5.82 Å². The molecule has 0 radical (unpaired) electrons. The van der Waals surface area contributed by atoms with Crippen LogP contribution in [-0.4, -0.2) is 23.6 Å². The smallest absolute Gasteiger partial charge is 0.161 e. The van der Waals surface area contributed by atoms with Crippen molar-refractivity contribution in [1.82, 2.24) is 9.97 Å². The van der Waals surface area contributed by atoms with Crippen LogP contribution in [-0.2, 0) is 0 Å². The Morgan fingerprint density at radius 3 is 2.94 bits per heavy atom. The van der Waals surface area contributed by atoms with Crippen LogP contribution in [0.4, 0.5) is 5.82 Å². The van der Waals surface area contributed by atoms with E-state index in [1.165, 1.54) is 0 Å². The van der Waals surface area contributed by atoms with Crippen molar-refractivity contribution in [2.75, 3.05) is 19.0 Å². The summed E-state index contributed by atoms with van der Waals surface area (Å²) in [5.74, 6) is 2.36. The van der Waals surface area contributed by atoms with Gasteiger partial charge in [0.25, 0.3) is 0 Å². The summed E-state index contributed by atoms with van der Waals surface area (Å²) in [6, 6.07) is 9.62. The zero-order chi connectivity index (χ0) is 12.8. The van der Waals surface area contributed by atoms with E-state index in [-0.39, 0.29) is 0 Å². The number of nitrogens with one attached hydrogen (secondary N) is 1. The van der Waals surface area contributed by atoms with Gasteiger partial charge >= 0.3 is 0 Å². The summed E-state index contributed by atoms with van der Waals surface area (Å²) in [6.45, 7) is 3.03. The summed E-state index contributed by atoms with van der Waals surface area (Å²) >= 11 is 0. The third-order valence-corrected chi connectivity index (χ3v) is 2.54. The van der Waals surface area contributed by atoms with Crippen molar-refractivity contribution in [3.63, 3.8) is 0 Å². The van der Waals surface area contributed by atoms with Gasteiger partial charge in [0.15, 0.2) is 5.82 Å². The van der Waals surface area contributed by atoms with Crippen LogP contribution >= 0.6 is 0 Å². The van der Waals surface area contributed by atoms with Gasteiger partial charge in [0.1, 0.15) is 11.6 Å². The van der Waals surface area contributed by atoms with E-state index in [1.807, 2.05) is 30.3 Å². The molecule has 1 aromatic heterocycles. The monoisotopic (exact) mass is 243 g/mol. The number of hydrogen-bond donors (Lipinski definition) is 1. The summed E-state index contributed by atoms with van der Waals surface area (Å²) in [6.07, 6.45) is 2.83. The number of methoxy groups -OCH3 is 1. The summed E-state index contributed by atoms with van der Waals surface area (Å²) in [7, 11) is 1.65. The Hall–Kier alpha value is -2.10. The van der Waals surface area contributed by atoms with Gasteiger partial charge in [-0.1, -0.05) is 19.1 Å². The van der Waals surface area contributed by atoms with Gasteiger partial charge < -0.3 is 10.1 Å². The van der Waals surface area contributed by atoms with Crippen LogP contribution < -0.4 is 10.1 Å². The van der Waals surface area contributed by atoms with Crippen LogP contribution in [0.5, 0.6) is 5.75 Å². The lowest BCUT2D eigenvalue weighted by Crippen LogP contribution is -2.03. The van der Waals surface area contributed by atoms with Crippen LogP contribution in [0, 0.1) is 0 Å².